The molecule has 0 spiro atoms. The molecular weight excluding hydrogens is 196 g/mol. The van der Waals surface area contributed by atoms with Crippen molar-refractivity contribution in [3.05, 3.63) is 48.9 Å². The highest BCUT2D eigenvalue weighted by molar-refractivity contribution is 5.43. The van der Waals surface area contributed by atoms with E-state index in [0.29, 0.717) is 0 Å². The van der Waals surface area contributed by atoms with Gasteiger partial charge in [-0.25, -0.2) is 0 Å². The van der Waals surface area contributed by atoms with Crippen molar-refractivity contribution in [2.24, 2.45) is 0 Å². The van der Waals surface area contributed by atoms with Gasteiger partial charge in [0.25, 0.3) is 0 Å². The molecule has 1 aromatic rings. The fourth-order valence-electron chi connectivity index (χ4n) is 1.93. The first-order valence-corrected chi connectivity index (χ1v) is 5.98. The van der Waals surface area contributed by atoms with Crippen LogP contribution < -0.4 is 4.74 Å². The maximum atomic E-state index is 5.71. The first kappa shape index (κ1) is 11.3. The van der Waals surface area contributed by atoms with Gasteiger partial charge in [-0.05, 0) is 49.8 Å². The molecule has 0 bridgehead atoms. The Labute approximate surface area is 98.1 Å². The molecule has 85 valence electrons. The Morgan fingerprint density at radius 1 is 1.50 bits per heavy atom. The van der Waals surface area contributed by atoms with Crippen LogP contribution in [-0.2, 0) is 0 Å². The van der Waals surface area contributed by atoms with Crippen LogP contribution in [-0.4, -0.2) is 6.61 Å². The maximum absolute atomic E-state index is 5.71. The van der Waals surface area contributed by atoms with Crippen molar-refractivity contribution >= 4 is 0 Å². The Morgan fingerprint density at radius 2 is 2.25 bits per heavy atom. The van der Waals surface area contributed by atoms with Crippen LogP contribution in [0.2, 0.25) is 0 Å². The largest absolute Gasteiger partial charge is 0.494 e. The molecule has 0 saturated heterocycles. The molecule has 1 saturated carbocycles. The Kier molecular flexibility index (Phi) is 3.33. The van der Waals surface area contributed by atoms with Gasteiger partial charge in [0.05, 0.1) is 6.61 Å². The fourth-order valence-corrected chi connectivity index (χ4v) is 1.93. The highest BCUT2D eigenvalue weighted by Gasteiger charge is 2.26. The van der Waals surface area contributed by atoms with Crippen molar-refractivity contribution in [3.8, 4) is 5.75 Å². The first-order chi connectivity index (χ1) is 7.76. The van der Waals surface area contributed by atoms with Gasteiger partial charge in [-0.15, -0.1) is 6.58 Å². The van der Waals surface area contributed by atoms with Gasteiger partial charge in [-0.3, -0.25) is 0 Å². The number of hydrogen-bond donors (Lipinski definition) is 0. The lowest BCUT2D eigenvalue weighted by Gasteiger charge is -2.13. The van der Waals surface area contributed by atoms with Crippen molar-refractivity contribution in [2.75, 3.05) is 6.61 Å². The van der Waals surface area contributed by atoms with E-state index in [4.69, 9.17) is 4.74 Å². The van der Waals surface area contributed by atoms with Crippen molar-refractivity contribution in [1.82, 2.24) is 0 Å². The zero-order chi connectivity index (χ0) is 11.5. The molecule has 0 heterocycles. The van der Waals surface area contributed by atoms with Gasteiger partial charge in [-0.1, -0.05) is 18.2 Å². The topological polar surface area (TPSA) is 9.23 Å². The minimum absolute atomic E-state index is 0.146. The quantitative estimate of drug-likeness (QED) is 0.673. The Hall–Kier alpha value is -1.24. The highest BCUT2D eigenvalue weighted by atomic mass is 16.5. The number of benzene rings is 1. The second-order valence-corrected chi connectivity index (χ2v) is 4.35. The first-order valence-electron chi connectivity index (χ1n) is 5.98. The van der Waals surface area contributed by atoms with E-state index in [9.17, 15) is 0 Å². The third-order valence-electron chi connectivity index (χ3n) is 3.07. The summed E-state index contributed by atoms with van der Waals surface area (Å²) in [5, 5.41) is 0. The molecule has 1 unspecified atom stereocenters. The zero-order valence-corrected chi connectivity index (χ0v) is 9.91. The number of hydrogen-bond acceptors (Lipinski definition) is 1. The smallest absolute Gasteiger partial charge is 0.123 e. The molecule has 2 rings (SSSR count). The van der Waals surface area contributed by atoms with Crippen molar-refractivity contribution in [3.63, 3.8) is 0 Å². The van der Waals surface area contributed by atoms with E-state index in [1.54, 1.807) is 0 Å². The number of allylic oxidation sites excluding steroid dienone is 1. The van der Waals surface area contributed by atoms with Crippen LogP contribution in [0.4, 0.5) is 0 Å². The summed E-state index contributed by atoms with van der Waals surface area (Å²) in [5.74, 6) is 1.91. The molecule has 1 aromatic carbocycles. The van der Waals surface area contributed by atoms with Crippen LogP contribution in [0.25, 0.3) is 0 Å². The molecule has 1 heteroatoms. The van der Waals surface area contributed by atoms with Gasteiger partial charge in [0, 0.05) is 5.92 Å². The van der Waals surface area contributed by atoms with Gasteiger partial charge in [0.15, 0.2) is 0 Å². The molecule has 1 radical (unpaired) electrons. The van der Waals surface area contributed by atoms with Crippen LogP contribution in [0, 0.1) is 6.92 Å². The summed E-state index contributed by atoms with van der Waals surface area (Å²) in [4.78, 5) is 0. The monoisotopic (exact) mass is 215 g/mol. The van der Waals surface area contributed by atoms with E-state index in [0.717, 1.165) is 18.3 Å². The predicted octanol–water partition coefficient (Wildman–Crippen LogP) is 4.07. The standard InChI is InChI=1S/C15H19O/c1-4-11(3)13-8-9-14(12-6-7-12)15(10-13)16-5-2/h4,8-12H,1,3,5-7H2,2H3. The summed E-state index contributed by atoms with van der Waals surface area (Å²) in [7, 11) is 0. The summed E-state index contributed by atoms with van der Waals surface area (Å²) in [6.07, 6.45) is 4.46. The lowest BCUT2D eigenvalue weighted by atomic mass is 9.98. The van der Waals surface area contributed by atoms with Crippen LogP contribution >= 0.6 is 0 Å². The highest BCUT2D eigenvalue weighted by Crippen LogP contribution is 2.45. The molecule has 1 aliphatic carbocycles. The summed E-state index contributed by atoms with van der Waals surface area (Å²) >= 11 is 0. The summed E-state index contributed by atoms with van der Waals surface area (Å²) in [6.45, 7) is 10.6. The van der Waals surface area contributed by atoms with Crippen LogP contribution in [0.1, 0.15) is 42.7 Å². The van der Waals surface area contributed by atoms with E-state index >= 15 is 0 Å². The van der Waals surface area contributed by atoms with E-state index in [1.807, 2.05) is 13.0 Å². The van der Waals surface area contributed by atoms with Gasteiger partial charge in [0.1, 0.15) is 5.75 Å². The van der Waals surface area contributed by atoms with E-state index in [1.165, 1.54) is 24.0 Å². The summed E-state index contributed by atoms with van der Waals surface area (Å²) in [6, 6.07) is 6.46. The summed E-state index contributed by atoms with van der Waals surface area (Å²) in [5.41, 5.74) is 2.55. The molecule has 0 aromatic heterocycles. The molecule has 1 atom stereocenters. The van der Waals surface area contributed by atoms with E-state index < -0.39 is 0 Å². The average molecular weight is 215 g/mol. The third kappa shape index (κ3) is 2.29. The van der Waals surface area contributed by atoms with Crippen LogP contribution in [0.5, 0.6) is 5.75 Å². The Balaban J connectivity index is 2.30. The maximum Gasteiger partial charge on any atom is 0.123 e. The number of rotatable bonds is 5. The van der Waals surface area contributed by atoms with Crippen molar-refractivity contribution < 1.29 is 4.74 Å². The number of ether oxygens (including phenoxy) is 1. The molecule has 0 N–H and O–H groups in total. The van der Waals surface area contributed by atoms with Gasteiger partial charge < -0.3 is 4.74 Å². The van der Waals surface area contributed by atoms with Crippen molar-refractivity contribution in [1.29, 1.82) is 0 Å². The minimum Gasteiger partial charge on any atom is -0.494 e. The van der Waals surface area contributed by atoms with E-state index in [2.05, 4.69) is 31.7 Å². The molecule has 0 aliphatic heterocycles. The SMILES string of the molecule is [CH2]C(C=C)c1ccc(C2CC2)c(OCC)c1. The molecule has 1 aliphatic rings. The third-order valence-corrected chi connectivity index (χ3v) is 3.07. The minimum atomic E-state index is 0.146. The van der Waals surface area contributed by atoms with Crippen LogP contribution in [0.15, 0.2) is 30.9 Å². The predicted molar refractivity (Wildman–Crippen MR) is 67.9 cm³/mol. The van der Waals surface area contributed by atoms with Gasteiger partial charge in [-0.2, -0.15) is 0 Å². The molecular formula is C15H19O. The zero-order valence-electron chi connectivity index (χ0n) is 9.91. The average Bonchev–Trinajstić information content (AvgIpc) is 3.12. The molecule has 1 nitrogen and oxygen atoms in total. The normalized spacial score (nSPS) is 16.9. The Bertz CT molecular complexity index is 377. The van der Waals surface area contributed by atoms with E-state index in [-0.39, 0.29) is 5.92 Å². The second-order valence-electron chi connectivity index (χ2n) is 4.35. The molecule has 0 amide bonds. The lowest BCUT2D eigenvalue weighted by molar-refractivity contribution is 0.336. The molecule has 16 heavy (non-hydrogen) atoms. The van der Waals surface area contributed by atoms with Crippen molar-refractivity contribution in [2.45, 2.75) is 31.6 Å². The second kappa shape index (κ2) is 4.73. The molecule has 1 fully saturated rings. The Morgan fingerprint density at radius 3 is 2.81 bits per heavy atom. The van der Waals surface area contributed by atoms with Gasteiger partial charge in [0.2, 0.25) is 0 Å². The lowest BCUT2D eigenvalue weighted by Crippen LogP contribution is -1.98. The van der Waals surface area contributed by atoms with Gasteiger partial charge >= 0.3 is 0 Å². The van der Waals surface area contributed by atoms with Crippen LogP contribution in [0.3, 0.4) is 0 Å². The fraction of sp³-hybridized carbons (Fsp3) is 0.400. The summed E-state index contributed by atoms with van der Waals surface area (Å²) < 4.78 is 5.71.